The van der Waals surface area contributed by atoms with E-state index in [1.807, 2.05) is 19.3 Å². The minimum Gasteiger partial charge on any atom is -0.340 e. The fourth-order valence-electron chi connectivity index (χ4n) is 4.13. The zero-order valence-electron chi connectivity index (χ0n) is 14.5. The molecular formula is C20H25N3O. The van der Waals surface area contributed by atoms with Gasteiger partial charge in [0.2, 0.25) is 5.91 Å². The maximum Gasteiger partial charge on any atom is 0.226 e. The van der Waals surface area contributed by atoms with Gasteiger partial charge in [-0.1, -0.05) is 29.8 Å². The lowest BCUT2D eigenvalue weighted by Crippen LogP contribution is -2.41. The highest BCUT2D eigenvalue weighted by Gasteiger charge is 2.46. The van der Waals surface area contributed by atoms with Crippen molar-refractivity contribution in [1.29, 1.82) is 0 Å². The van der Waals surface area contributed by atoms with E-state index in [9.17, 15) is 4.79 Å². The van der Waals surface area contributed by atoms with Gasteiger partial charge in [-0.2, -0.15) is 0 Å². The molecule has 2 fully saturated rings. The standard InChI is InChI=1S/C20H25N3O/c1-14-5-3-6-16(11-14)18-12-19(18)20(24)22-9-4-7-17(13-22)23-10-8-21-15(23)2/h3,5-6,8,10-11,17-19H,4,7,9,12-13H2,1-2H3/t17-,18-,19+/m0/s1. The van der Waals surface area contributed by atoms with Gasteiger partial charge in [0.25, 0.3) is 0 Å². The van der Waals surface area contributed by atoms with Crippen LogP contribution in [0.2, 0.25) is 0 Å². The first kappa shape index (κ1) is 15.4. The molecule has 1 aliphatic carbocycles. The molecule has 1 aromatic heterocycles. The molecule has 2 aromatic rings. The number of benzene rings is 1. The average Bonchev–Trinajstić information content (AvgIpc) is 3.28. The first-order valence-electron chi connectivity index (χ1n) is 8.98. The number of aryl methyl sites for hydroxylation is 2. The van der Waals surface area contributed by atoms with E-state index in [1.54, 1.807) is 0 Å². The lowest BCUT2D eigenvalue weighted by Gasteiger charge is -2.34. The van der Waals surface area contributed by atoms with E-state index < -0.39 is 0 Å². The molecule has 0 spiro atoms. The first-order chi connectivity index (χ1) is 11.6. The van der Waals surface area contributed by atoms with Gasteiger partial charge in [0, 0.05) is 31.4 Å². The number of aromatic nitrogens is 2. The maximum atomic E-state index is 12.9. The van der Waals surface area contributed by atoms with Crippen molar-refractivity contribution in [2.75, 3.05) is 13.1 Å². The zero-order valence-corrected chi connectivity index (χ0v) is 14.5. The van der Waals surface area contributed by atoms with Gasteiger partial charge in [-0.05, 0) is 44.6 Å². The van der Waals surface area contributed by atoms with Gasteiger partial charge in [0.05, 0.1) is 6.04 Å². The van der Waals surface area contributed by atoms with Crippen molar-refractivity contribution in [2.24, 2.45) is 5.92 Å². The Morgan fingerprint density at radius 2 is 2.17 bits per heavy atom. The van der Waals surface area contributed by atoms with E-state index >= 15 is 0 Å². The average molecular weight is 323 g/mol. The molecule has 1 saturated heterocycles. The van der Waals surface area contributed by atoms with Crippen molar-refractivity contribution in [3.8, 4) is 0 Å². The summed E-state index contributed by atoms with van der Waals surface area (Å²) in [5, 5.41) is 0. The smallest absolute Gasteiger partial charge is 0.226 e. The monoisotopic (exact) mass is 323 g/mol. The molecule has 4 nitrogen and oxygen atoms in total. The lowest BCUT2D eigenvalue weighted by molar-refractivity contribution is -0.134. The summed E-state index contributed by atoms with van der Waals surface area (Å²) in [6.07, 6.45) is 7.11. The summed E-state index contributed by atoms with van der Waals surface area (Å²) in [4.78, 5) is 19.4. The summed E-state index contributed by atoms with van der Waals surface area (Å²) in [5.41, 5.74) is 2.60. The Hall–Kier alpha value is -2.10. The van der Waals surface area contributed by atoms with Crippen molar-refractivity contribution in [2.45, 2.75) is 45.1 Å². The van der Waals surface area contributed by atoms with Gasteiger partial charge in [-0.15, -0.1) is 0 Å². The van der Waals surface area contributed by atoms with E-state index in [0.29, 0.717) is 17.9 Å². The molecule has 0 unspecified atom stereocenters. The normalized spacial score (nSPS) is 26.4. The van der Waals surface area contributed by atoms with E-state index in [2.05, 4.69) is 45.6 Å². The summed E-state index contributed by atoms with van der Waals surface area (Å²) >= 11 is 0. The van der Waals surface area contributed by atoms with Crippen molar-refractivity contribution in [3.05, 3.63) is 53.6 Å². The van der Waals surface area contributed by atoms with Gasteiger partial charge in [-0.25, -0.2) is 4.98 Å². The Bertz CT molecular complexity index is 751. The van der Waals surface area contributed by atoms with Crippen LogP contribution in [0.5, 0.6) is 0 Å². The number of amides is 1. The van der Waals surface area contributed by atoms with Crippen molar-refractivity contribution < 1.29 is 4.79 Å². The second kappa shape index (κ2) is 6.08. The molecule has 2 aliphatic rings. The Morgan fingerprint density at radius 1 is 1.29 bits per heavy atom. The van der Waals surface area contributed by atoms with Gasteiger partial charge in [-0.3, -0.25) is 4.79 Å². The fraction of sp³-hybridized carbons (Fsp3) is 0.500. The summed E-state index contributed by atoms with van der Waals surface area (Å²) in [6, 6.07) is 8.99. The number of nitrogens with zero attached hydrogens (tertiary/aromatic N) is 3. The summed E-state index contributed by atoms with van der Waals surface area (Å²) in [5.74, 6) is 2.00. The van der Waals surface area contributed by atoms with Crippen LogP contribution < -0.4 is 0 Å². The molecule has 1 saturated carbocycles. The molecule has 24 heavy (non-hydrogen) atoms. The predicted octanol–water partition coefficient (Wildman–Crippen LogP) is 3.47. The van der Waals surface area contributed by atoms with Crippen LogP contribution in [-0.4, -0.2) is 33.4 Å². The minimum atomic E-state index is 0.189. The van der Waals surface area contributed by atoms with Crippen LogP contribution in [0.15, 0.2) is 36.7 Å². The van der Waals surface area contributed by atoms with Crippen LogP contribution in [-0.2, 0) is 4.79 Å². The molecule has 0 bridgehead atoms. The third-order valence-corrected chi connectivity index (χ3v) is 5.54. The van der Waals surface area contributed by atoms with Crippen LogP contribution in [0, 0.1) is 19.8 Å². The molecule has 1 amide bonds. The number of carbonyl (C=O) groups is 1. The number of carbonyl (C=O) groups excluding carboxylic acids is 1. The zero-order chi connectivity index (χ0) is 16.7. The molecule has 4 heteroatoms. The highest BCUT2D eigenvalue weighted by Crippen LogP contribution is 2.49. The quantitative estimate of drug-likeness (QED) is 0.867. The SMILES string of the molecule is Cc1cccc([C@@H]2C[C@H]2C(=O)N2CCC[C@H](n3ccnc3C)C2)c1. The largest absolute Gasteiger partial charge is 0.340 e. The molecule has 0 N–H and O–H groups in total. The Balaban J connectivity index is 1.43. The molecular weight excluding hydrogens is 298 g/mol. The molecule has 3 atom stereocenters. The minimum absolute atomic E-state index is 0.189. The molecule has 126 valence electrons. The van der Waals surface area contributed by atoms with Gasteiger partial charge in [0.15, 0.2) is 0 Å². The molecule has 1 aliphatic heterocycles. The first-order valence-corrected chi connectivity index (χ1v) is 8.98. The van der Waals surface area contributed by atoms with Crippen LogP contribution in [0.1, 0.15) is 48.2 Å². The highest BCUT2D eigenvalue weighted by molar-refractivity contribution is 5.83. The second-order valence-corrected chi connectivity index (χ2v) is 7.32. The van der Waals surface area contributed by atoms with Crippen LogP contribution in [0.25, 0.3) is 0 Å². The molecule has 0 radical (unpaired) electrons. The molecule has 1 aromatic carbocycles. The Morgan fingerprint density at radius 3 is 2.92 bits per heavy atom. The van der Waals surface area contributed by atoms with E-state index in [4.69, 9.17) is 0 Å². The third kappa shape index (κ3) is 2.85. The summed E-state index contributed by atoms with van der Waals surface area (Å²) < 4.78 is 2.23. The topological polar surface area (TPSA) is 38.1 Å². The number of likely N-dealkylation sites (tertiary alicyclic amines) is 1. The van der Waals surface area contributed by atoms with E-state index in [1.165, 1.54) is 11.1 Å². The number of rotatable bonds is 3. The van der Waals surface area contributed by atoms with Crippen LogP contribution in [0.4, 0.5) is 0 Å². The number of imidazole rings is 1. The molecule has 2 heterocycles. The van der Waals surface area contributed by atoms with Gasteiger partial charge >= 0.3 is 0 Å². The predicted molar refractivity (Wildman–Crippen MR) is 93.8 cm³/mol. The number of hydrogen-bond donors (Lipinski definition) is 0. The maximum absolute atomic E-state index is 12.9. The number of hydrogen-bond acceptors (Lipinski definition) is 2. The van der Waals surface area contributed by atoms with E-state index in [-0.39, 0.29) is 5.92 Å². The second-order valence-electron chi connectivity index (χ2n) is 7.32. The van der Waals surface area contributed by atoms with Crippen molar-refractivity contribution in [1.82, 2.24) is 14.5 Å². The molecule has 4 rings (SSSR count). The Kier molecular flexibility index (Phi) is 3.91. The third-order valence-electron chi connectivity index (χ3n) is 5.54. The van der Waals surface area contributed by atoms with Crippen LogP contribution in [0.3, 0.4) is 0 Å². The van der Waals surface area contributed by atoms with Gasteiger partial charge < -0.3 is 9.47 Å². The fourth-order valence-corrected chi connectivity index (χ4v) is 4.13. The van der Waals surface area contributed by atoms with E-state index in [0.717, 1.165) is 38.2 Å². The summed E-state index contributed by atoms with van der Waals surface area (Å²) in [7, 11) is 0. The highest BCUT2D eigenvalue weighted by atomic mass is 16.2. The number of piperidine rings is 1. The van der Waals surface area contributed by atoms with Gasteiger partial charge in [0.1, 0.15) is 5.82 Å². The Labute approximate surface area is 143 Å². The van der Waals surface area contributed by atoms with Crippen molar-refractivity contribution >= 4 is 5.91 Å². The van der Waals surface area contributed by atoms with Crippen molar-refractivity contribution in [3.63, 3.8) is 0 Å². The summed E-state index contributed by atoms with van der Waals surface area (Å²) in [6.45, 7) is 5.88. The van der Waals surface area contributed by atoms with Crippen LogP contribution >= 0.6 is 0 Å². The lowest BCUT2D eigenvalue weighted by atomic mass is 10.0.